The molecule has 3 nitrogen and oxygen atoms in total. The van der Waals surface area contributed by atoms with Crippen LogP contribution in [0.2, 0.25) is 0 Å². The molecule has 3 aromatic rings. The number of aromatic nitrogens is 1. The summed E-state index contributed by atoms with van der Waals surface area (Å²) < 4.78 is 0. The smallest absolute Gasteiger partial charge is 0.183 e. The third-order valence-corrected chi connectivity index (χ3v) is 5.94. The fourth-order valence-corrected chi connectivity index (χ4v) is 3.94. The highest BCUT2D eigenvalue weighted by Gasteiger charge is 2.10. The van der Waals surface area contributed by atoms with Crippen LogP contribution in [0.15, 0.2) is 110 Å². The summed E-state index contributed by atoms with van der Waals surface area (Å²) in [6, 6.07) is 17.4. The minimum absolute atomic E-state index is 0.292. The topological polar surface area (TPSA) is 45.1 Å². The van der Waals surface area contributed by atoms with Crippen LogP contribution in [0.25, 0.3) is 16.8 Å². The molecule has 0 spiro atoms. The molecule has 176 valence electrons. The van der Waals surface area contributed by atoms with E-state index < -0.39 is 0 Å². The molecular formula is C30H34N2OS. The van der Waals surface area contributed by atoms with E-state index in [9.17, 15) is 0 Å². The number of phenolic OH excluding ortho intramolecular Hbond substituents is 1. The molecular weight excluding hydrogens is 436 g/mol. The van der Waals surface area contributed by atoms with Crippen molar-refractivity contribution in [2.24, 2.45) is 0 Å². The summed E-state index contributed by atoms with van der Waals surface area (Å²) in [6.45, 7) is 9.63. The molecule has 0 radical (unpaired) electrons. The molecule has 34 heavy (non-hydrogen) atoms. The summed E-state index contributed by atoms with van der Waals surface area (Å²) in [6.07, 6.45) is 17.0. The lowest BCUT2D eigenvalue weighted by Gasteiger charge is -2.03. The van der Waals surface area contributed by atoms with E-state index in [4.69, 9.17) is 5.11 Å². The third-order valence-electron chi connectivity index (χ3n) is 4.85. The predicted octanol–water partition coefficient (Wildman–Crippen LogP) is 8.45. The number of hydrogen-bond acceptors (Lipinski definition) is 4. The third kappa shape index (κ3) is 9.08. The Kier molecular flexibility index (Phi) is 11.9. The Morgan fingerprint density at radius 3 is 2.38 bits per heavy atom. The molecule has 1 aromatic heterocycles. The zero-order valence-corrected chi connectivity index (χ0v) is 20.9. The molecule has 0 bridgehead atoms. The Morgan fingerprint density at radius 2 is 1.74 bits per heavy atom. The Hall–Kier alpha value is -3.63. The van der Waals surface area contributed by atoms with Crippen LogP contribution >= 0.6 is 11.3 Å². The second-order valence-corrected chi connectivity index (χ2v) is 8.51. The Balaban J connectivity index is 0.000000270. The molecule has 0 unspecified atom stereocenters. The fourth-order valence-electron chi connectivity index (χ4n) is 3.03. The van der Waals surface area contributed by atoms with Gasteiger partial charge in [-0.25, -0.2) is 4.98 Å². The fraction of sp³-hybridized carbons (Fsp3) is 0.167. The average Bonchev–Trinajstić information content (AvgIpc) is 3.29. The van der Waals surface area contributed by atoms with E-state index in [1.807, 2.05) is 74.7 Å². The molecule has 0 saturated heterocycles. The molecule has 3 rings (SSSR count). The van der Waals surface area contributed by atoms with Crippen molar-refractivity contribution in [1.82, 2.24) is 4.98 Å². The first-order valence-corrected chi connectivity index (χ1v) is 12.2. The summed E-state index contributed by atoms with van der Waals surface area (Å²) in [7, 11) is 1.91. The van der Waals surface area contributed by atoms with Crippen molar-refractivity contribution in [2.75, 3.05) is 12.4 Å². The van der Waals surface area contributed by atoms with Gasteiger partial charge in [0.15, 0.2) is 5.13 Å². The van der Waals surface area contributed by atoms with Gasteiger partial charge in [0, 0.05) is 23.9 Å². The number of hydrogen-bond donors (Lipinski definition) is 2. The second-order valence-electron chi connectivity index (χ2n) is 7.43. The van der Waals surface area contributed by atoms with E-state index in [0.717, 1.165) is 41.2 Å². The monoisotopic (exact) mass is 470 g/mol. The maximum atomic E-state index is 9.07. The minimum Gasteiger partial charge on any atom is -0.508 e. The number of rotatable bonds is 10. The number of benzene rings is 2. The first-order valence-electron chi connectivity index (χ1n) is 11.3. The van der Waals surface area contributed by atoms with Gasteiger partial charge in [-0.1, -0.05) is 91.6 Å². The summed E-state index contributed by atoms with van der Waals surface area (Å²) in [5.41, 5.74) is 4.41. The second kappa shape index (κ2) is 15.3. The largest absolute Gasteiger partial charge is 0.508 e. The predicted molar refractivity (Wildman–Crippen MR) is 150 cm³/mol. The lowest BCUT2D eigenvalue weighted by molar-refractivity contribution is 0.475. The molecule has 4 heteroatoms. The summed E-state index contributed by atoms with van der Waals surface area (Å²) in [5.74, 6) is 0.292. The van der Waals surface area contributed by atoms with Gasteiger partial charge in [-0.2, -0.15) is 0 Å². The lowest BCUT2D eigenvalue weighted by atomic mass is 10.0. The van der Waals surface area contributed by atoms with Gasteiger partial charge in [-0.15, -0.1) is 17.9 Å². The zero-order chi connectivity index (χ0) is 24.6. The van der Waals surface area contributed by atoms with E-state index >= 15 is 0 Å². The van der Waals surface area contributed by atoms with Crippen LogP contribution in [0.4, 0.5) is 5.13 Å². The van der Waals surface area contributed by atoms with Crippen LogP contribution in [-0.4, -0.2) is 17.1 Å². The van der Waals surface area contributed by atoms with E-state index in [1.54, 1.807) is 23.5 Å². The maximum absolute atomic E-state index is 9.07. The molecule has 0 atom stereocenters. The van der Waals surface area contributed by atoms with Gasteiger partial charge in [0.2, 0.25) is 0 Å². The number of allylic oxidation sites excluding steroid dienone is 8. The van der Waals surface area contributed by atoms with E-state index in [2.05, 4.69) is 47.7 Å². The van der Waals surface area contributed by atoms with E-state index in [-0.39, 0.29) is 0 Å². The zero-order valence-electron chi connectivity index (χ0n) is 20.1. The summed E-state index contributed by atoms with van der Waals surface area (Å²) in [5, 5.41) is 13.2. The molecule has 0 amide bonds. The number of nitrogens with one attached hydrogen (secondary N) is 1. The summed E-state index contributed by atoms with van der Waals surface area (Å²) in [4.78, 5) is 5.95. The molecule has 2 N–H and O–H groups in total. The van der Waals surface area contributed by atoms with Gasteiger partial charge in [0.25, 0.3) is 0 Å². The van der Waals surface area contributed by atoms with Gasteiger partial charge in [0.05, 0.1) is 5.69 Å². The summed E-state index contributed by atoms with van der Waals surface area (Å²) >= 11 is 1.71. The van der Waals surface area contributed by atoms with Crippen LogP contribution < -0.4 is 5.32 Å². The quantitative estimate of drug-likeness (QED) is 0.231. The SMILES string of the molecule is C=CCCC(=C)c1ccc(O)cc1.C\C=C/C=C\C=C\Cc1sc(NC)nc1-c1ccccc1. The van der Waals surface area contributed by atoms with Crippen LogP contribution in [0.1, 0.15) is 30.2 Å². The van der Waals surface area contributed by atoms with Gasteiger partial charge >= 0.3 is 0 Å². The number of anilines is 1. The van der Waals surface area contributed by atoms with Crippen molar-refractivity contribution in [3.05, 3.63) is 121 Å². The Labute approximate surface area is 208 Å². The first kappa shape index (κ1) is 26.6. The highest BCUT2D eigenvalue weighted by Crippen LogP contribution is 2.31. The van der Waals surface area contributed by atoms with Crippen molar-refractivity contribution < 1.29 is 5.11 Å². The Bertz CT molecular complexity index is 1110. The number of nitrogens with zero attached hydrogens (tertiary/aromatic N) is 1. The molecule has 1 heterocycles. The number of aromatic hydroxyl groups is 1. The van der Waals surface area contributed by atoms with Gasteiger partial charge in [0.1, 0.15) is 5.75 Å². The van der Waals surface area contributed by atoms with Crippen LogP contribution in [0, 0.1) is 0 Å². The molecule has 0 fully saturated rings. The molecule has 2 aromatic carbocycles. The van der Waals surface area contributed by atoms with Gasteiger partial charge in [-0.3, -0.25) is 0 Å². The van der Waals surface area contributed by atoms with Crippen molar-refractivity contribution in [2.45, 2.75) is 26.2 Å². The molecule has 0 saturated carbocycles. The average molecular weight is 471 g/mol. The van der Waals surface area contributed by atoms with Crippen LogP contribution in [0.5, 0.6) is 5.75 Å². The van der Waals surface area contributed by atoms with E-state index in [1.165, 1.54) is 10.4 Å². The van der Waals surface area contributed by atoms with Gasteiger partial charge in [-0.05, 0) is 43.0 Å². The normalized spacial score (nSPS) is 11.0. The van der Waals surface area contributed by atoms with Crippen molar-refractivity contribution in [3.8, 4) is 17.0 Å². The molecule has 0 aliphatic carbocycles. The number of thiazole rings is 1. The van der Waals surface area contributed by atoms with Crippen molar-refractivity contribution in [1.29, 1.82) is 0 Å². The first-order chi connectivity index (χ1) is 16.6. The Morgan fingerprint density at radius 1 is 1.03 bits per heavy atom. The van der Waals surface area contributed by atoms with Crippen molar-refractivity contribution >= 4 is 22.0 Å². The number of phenols is 1. The van der Waals surface area contributed by atoms with Gasteiger partial charge < -0.3 is 10.4 Å². The highest BCUT2D eigenvalue weighted by molar-refractivity contribution is 7.16. The lowest BCUT2D eigenvalue weighted by Crippen LogP contribution is -1.86. The standard InChI is InChI=1S/C18H20N2S.C12H14O/c1-3-4-5-6-7-11-14-16-17(20-18(19-2)21-16)15-12-9-8-10-13-15;1-3-4-5-10(2)11-6-8-12(13)9-7-11/h3-13H,14H2,1-2H3,(H,19,20);3,6-9,13H,1-2,4-5H2/b4-3-,6-5-,11-7+;. The highest BCUT2D eigenvalue weighted by atomic mass is 32.1. The molecule has 0 aliphatic rings. The van der Waals surface area contributed by atoms with Crippen LogP contribution in [-0.2, 0) is 6.42 Å². The van der Waals surface area contributed by atoms with Crippen molar-refractivity contribution in [3.63, 3.8) is 0 Å². The molecule has 0 aliphatic heterocycles. The van der Waals surface area contributed by atoms with Crippen LogP contribution in [0.3, 0.4) is 0 Å². The van der Waals surface area contributed by atoms with E-state index in [0.29, 0.717) is 5.75 Å². The minimum atomic E-state index is 0.292. The maximum Gasteiger partial charge on any atom is 0.183 e.